The molecule has 0 aliphatic carbocycles. The fourth-order valence-electron chi connectivity index (χ4n) is 4.53. The summed E-state index contributed by atoms with van der Waals surface area (Å²) >= 11 is 10.1. The number of fused-ring (bicyclic) bond motifs is 1. The highest BCUT2D eigenvalue weighted by Gasteiger charge is 2.29. The molecule has 210 valence electrons. The smallest absolute Gasteiger partial charge is 0.410 e. The van der Waals surface area contributed by atoms with Crippen molar-refractivity contribution >= 4 is 44.5 Å². The summed E-state index contributed by atoms with van der Waals surface area (Å²) in [6.07, 6.45) is 1.31. The number of aryl methyl sites for hydroxylation is 1. The lowest BCUT2D eigenvalue weighted by Crippen LogP contribution is -2.55. The van der Waals surface area contributed by atoms with E-state index in [4.69, 9.17) is 21.1 Å². The molecule has 0 spiro atoms. The Morgan fingerprint density at radius 2 is 2.08 bits per heavy atom. The minimum absolute atomic E-state index is 0.0207. The Bertz CT molecular complexity index is 1470. The second kappa shape index (κ2) is 11.3. The van der Waals surface area contributed by atoms with Crippen LogP contribution < -0.4 is 15.7 Å². The van der Waals surface area contributed by atoms with Crippen molar-refractivity contribution in [3.63, 3.8) is 0 Å². The lowest BCUT2D eigenvalue weighted by atomic mass is 10.0. The molecule has 1 unspecified atom stereocenters. The second-order valence-electron chi connectivity index (χ2n) is 10.9. The van der Waals surface area contributed by atoms with Crippen molar-refractivity contribution in [3.05, 3.63) is 49.6 Å². The van der Waals surface area contributed by atoms with Crippen LogP contribution in [0.25, 0.3) is 16.6 Å². The van der Waals surface area contributed by atoms with Crippen molar-refractivity contribution in [3.8, 4) is 17.3 Å². The third kappa shape index (κ3) is 6.15. The van der Waals surface area contributed by atoms with E-state index in [1.807, 2.05) is 47.6 Å². The highest BCUT2D eigenvalue weighted by Crippen LogP contribution is 2.43. The van der Waals surface area contributed by atoms with Gasteiger partial charge in [0.15, 0.2) is 5.75 Å². The number of aromatic nitrogens is 3. The van der Waals surface area contributed by atoms with Gasteiger partial charge < -0.3 is 24.8 Å². The first-order chi connectivity index (χ1) is 18.3. The Morgan fingerprint density at radius 3 is 2.74 bits per heavy atom. The van der Waals surface area contributed by atoms with Crippen LogP contribution in [0.15, 0.2) is 27.6 Å². The van der Waals surface area contributed by atoms with Crippen LogP contribution in [-0.4, -0.2) is 68.5 Å². The van der Waals surface area contributed by atoms with Crippen molar-refractivity contribution in [2.24, 2.45) is 0 Å². The Kier molecular flexibility index (Phi) is 8.44. The molecule has 10 nitrogen and oxygen atoms in total. The van der Waals surface area contributed by atoms with E-state index in [-0.39, 0.29) is 34.7 Å². The molecule has 1 fully saturated rings. The van der Waals surface area contributed by atoms with Crippen molar-refractivity contribution in [1.29, 1.82) is 0 Å². The number of amides is 1. The maximum Gasteiger partial charge on any atom is 0.410 e. The number of hydrogen-bond donors (Lipinski definition) is 2. The number of ether oxygens (including phenoxy) is 2. The molecule has 1 aliphatic rings. The number of halogens is 2. The molecule has 0 bridgehead atoms. The topological polar surface area (TPSA) is 119 Å². The van der Waals surface area contributed by atoms with Crippen molar-refractivity contribution < 1.29 is 19.4 Å². The van der Waals surface area contributed by atoms with Gasteiger partial charge in [-0.05, 0) is 67.2 Å². The van der Waals surface area contributed by atoms with Gasteiger partial charge in [0.1, 0.15) is 17.6 Å². The Balaban J connectivity index is 1.75. The SMILES string of the molecule is Cc1ccnc(C(C)C)c1-n1c(=O)nc(O)c2c(OCC3CN(C(=O)OC(C)(C)C)CCN3)c(Cl)c(Br)cc21. The molecule has 4 rings (SSSR count). The molecule has 12 heteroatoms. The molecule has 1 atom stereocenters. The summed E-state index contributed by atoms with van der Waals surface area (Å²) in [5.41, 5.74) is 1.25. The van der Waals surface area contributed by atoms with Gasteiger partial charge in [-0.25, -0.2) is 9.59 Å². The number of piperazine rings is 1. The highest BCUT2D eigenvalue weighted by molar-refractivity contribution is 9.10. The number of benzene rings is 1. The van der Waals surface area contributed by atoms with Gasteiger partial charge in [-0.2, -0.15) is 4.98 Å². The normalized spacial score (nSPS) is 16.1. The van der Waals surface area contributed by atoms with Gasteiger partial charge in [0.05, 0.1) is 28.0 Å². The average Bonchev–Trinajstić information content (AvgIpc) is 2.84. The van der Waals surface area contributed by atoms with Crippen LogP contribution in [0.2, 0.25) is 5.02 Å². The van der Waals surface area contributed by atoms with Crippen LogP contribution in [0, 0.1) is 6.92 Å². The molecule has 1 aliphatic heterocycles. The second-order valence-corrected chi connectivity index (χ2v) is 12.1. The Morgan fingerprint density at radius 1 is 1.36 bits per heavy atom. The van der Waals surface area contributed by atoms with E-state index in [1.165, 1.54) is 4.57 Å². The summed E-state index contributed by atoms with van der Waals surface area (Å²) in [7, 11) is 0. The van der Waals surface area contributed by atoms with Gasteiger partial charge in [-0.15, -0.1) is 0 Å². The quantitative estimate of drug-likeness (QED) is 0.412. The standard InChI is InChI=1S/C27H33BrClN5O5/c1-14(2)21-22(15(3)7-8-31-21)34-18-11-17(28)20(29)23(19(18)24(35)32-25(34)36)38-13-16-12-33(10-9-30-16)26(37)39-27(4,5)6/h7-8,11,14,16,30H,9-10,12-13H2,1-6H3,(H,32,35,36). The fourth-order valence-corrected chi connectivity index (χ4v) is 5.13. The Hall–Kier alpha value is -2.89. The number of rotatable bonds is 5. The summed E-state index contributed by atoms with van der Waals surface area (Å²) in [5, 5.41) is 14.6. The highest BCUT2D eigenvalue weighted by atomic mass is 79.9. The van der Waals surface area contributed by atoms with Crippen LogP contribution in [0.1, 0.15) is 51.8 Å². The molecule has 0 radical (unpaired) electrons. The van der Waals surface area contributed by atoms with Crippen molar-refractivity contribution in [2.45, 2.75) is 59.1 Å². The van der Waals surface area contributed by atoms with Crippen LogP contribution >= 0.6 is 27.5 Å². The molecule has 39 heavy (non-hydrogen) atoms. The minimum Gasteiger partial charge on any atom is -0.493 e. The third-order valence-electron chi connectivity index (χ3n) is 6.27. The van der Waals surface area contributed by atoms with Gasteiger partial charge in [0.2, 0.25) is 5.88 Å². The van der Waals surface area contributed by atoms with Crippen LogP contribution in [0.4, 0.5) is 4.79 Å². The van der Waals surface area contributed by atoms with Crippen LogP contribution in [-0.2, 0) is 4.74 Å². The van der Waals surface area contributed by atoms with E-state index in [0.717, 1.165) is 5.56 Å². The predicted octanol–water partition coefficient (Wildman–Crippen LogP) is 4.92. The van der Waals surface area contributed by atoms with Gasteiger partial charge in [0.25, 0.3) is 0 Å². The summed E-state index contributed by atoms with van der Waals surface area (Å²) < 4.78 is 13.6. The van der Waals surface area contributed by atoms with Crippen LogP contribution in [0.5, 0.6) is 11.6 Å². The maximum absolute atomic E-state index is 13.2. The number of pyridine rings is 1. The summed E-state index contributed by atoms with van der Waals surface area (Å²) in [4.78, 5) is 35.9. The van der Waals surface area contributed by atoms with Gasteiger partial charge in [0, 0.05) is 30.3 Å². The van der Waals surface area contributed by atoms with Crippen molar-refractivity contribution in [1.82, 2.24) is 24.8 Å². The number of nitrogens with one attached hydrogen (secondary N) is 1. The number of hydrogen-bond acceptors (Lipinski definition) is 8. The minimum atomic E-state index is -0.653. The number of aromatic hydroxyl groups is 1. The van der Waals surface area contributed by atoms with E-state index in [2.05, 4.69) is 31.2 Å². The predicted molar refractivity (Wildman–Crippen MR) is 153 cm³/mol. The summed E-state index contributed by atoms with van der Waals surface area (Å²) in [6, 6.07) is 3.25. The zero-order valence-electron chi connectivity index (χ0n) is 22.8. The summed E-state index contributed by atoms with van der Waals surface area (Å²) in [6.45, 7) is 12.9. The number of carbonyl (C=O) groups is 1. The van der Waals surface area contributed by atoms with Crippen LogP contribution in [0.3, 0.4) is 0 Å². The van der Waals surface area contributed by atoms with E-state index in [9.17, 15) is 14.7 Å². The third-order valence-corrected chi connectivity index (χ3v) is 7.50. The van der Waals surface area contributed by atoms with Gasteiger partial charge in [-0.1, -0.05) is 25.4 Å². The first kappa shape index (κ1) is 29.1. The molecule has 2 aromatic heterocycles. The number of carbonyl (C=O) groups excluding carboxylic acids is 1. The molecule has 3 heterocycles. The van der Waals surface area contributed by atoms with Gasteiger partial charge in [-0.3, -0.25) is 9.55 Å². The maximum atomic E-state index is 13.2. The Labute approximate surface area is 240 Å². The molecule has 0 saturated carbocycles. The first-order valence-corrected chi connectivity index (χ1v) is 13.9. The molecular weight excluding hydrogens is 590 g/mol. The summed E-state index contributed by atoms with van der Waals surface area (Å²) in [5.74, 6) is -0.300. The molecule has 1 aromatic carbocycles. The molecule has 2 N–H and O–H groups in total. The molecule has 3 aromatic rings. The van der Waals surface area contributed by atoms with E-state index in [1.54, 1.807) is 17.2 Å². The van der Waals surface area contributed by atoms with E-state index in [0.29, 0.717) is 41.0 Å². The van der Waals surface area contributed by atoms with Crippen molar-refractivity contribution in [2.75, 3.05) is 26.2 Å². The lowest BCUT2D eigenvalue weighted by Gasteiger charge is -2.34. The zero-order chi connectivity index (χ0) is 28.6. The molecule has 1 amide bonds. The zero-order valence-corrected chi connectivity index (χ0v) is 25.2. The first-order valence-electron chi connectivity index (χ1n) is 12.7. The van der Waals surface area contributed by atoms with E-state index < -0.39 is 23.3 Å². The van der Waals surface area contributed by atoms with E-state index >= 15 is 0 Å². The monoisotopic (exact) mass is 621 g/mol. The largest absolute Gasteiger partial charge is 0.493 e. The molecule has 1 saturated heterocycles. The number of nitrogens with zero attached hydrogens (tertiary/aromatic N) is 4. The average molecular weight is 623 g/mol. The fraction of sp³-hybridized carbons (Fsp3) is 0.481. The van der Waals surface area contributed by atoms with Gasteiger partial charge >= 0.3 is 11.8 Å². The lowest BCUT2D eigenvalue weighted by molar-refractivity contribution is 0.0178. The molecular formula is C27H33BrClN5O5.